The van der Waals surface area contributed by atoms with Gasteiger partial charge in [-0.2, -0.15) is 0 Å². The first-order valence-electron chi connectivity index (χ1n) is 8.37. The molecule has 1 saturated carbocycles. The first-order chi connectivity index (χ1) is 11.6. The lowest BCUT2D eigenvalue weighted by Crippen LogP contribution is -2.42. The lowest BCUT2D eigenvalue weighted by Gasteiger charge is -2.23. The Morgan fingerprint density at radius 2 is 2.00 bits per heavy atom. The van der Waals surface area contributed by atoms with E-state index in [2.05, 4.69) is 5.32 Å². The normalized spacial score (nSPS) is 20.9. The van der Waals surface area contributed by atoms with Gasteiger partial charge >= 0.3 is 5.97 Å². The summed E-state index contributed by atoms with van der Waals surface area (Å²) >= 11 is 0. The topological polar surface area (TPSA) is 84.9 Å². The van der Waals surface area contributed by atoms with Crippen molar-refractivity contribution < 1.29 is 24.2 Å². The number of benzene rings is 1. The molecule has 1 aromatic rings. The van der Waals surface area contributed by atoms with Gasteiger partial charge in [-0.3, -0.25) is 9.59 Å². The van der Waals surface area contributed by atoms with Gasteiger partial charge in [-0.25, -0.2) is 0 Å². The fourth-order valence-electron chi connectivity index (χ4n) is 3.00. The number of nitrogens with one attached hydrogen (secondary N) is 1. The number of hydrogen-bond donors (Lipinski definition) is 2. The quantitative estimate of drug-likeness (QED) is 0.591. The molecule has 0 bridgehead atoms. The van der Waals surface area contributed by atoms with Gasteiger partial charge < -0.3 is 19.9 Å². The van der Waals surface area contributed by atoms with E-state index in [0.717, 1.165) is 19.3 Å². The fourth-order valence-corrected chi connectivity index (χ4v) is 3.00. The van der Waals surface area contributed by atoms with Crippen LogP contribution in [-0.4, -0.2) is 43.3 Å². The van der Waals surface area contributed by atoms with E-state index in [-0.39, 0.29) is 11.9 Å². The van der Waals surface area contributed by atoms with E-state index in [1.54, 1.807) is 31.4 Å². The Bertz CT molecular complexity index is 560. The molecule has 6 nitrogen and oxygen atoms in total. The van der Waals surface area contributed by atoms with Crippen LogP contribution in [0.2, 0.25) is 0 Å². The number of amides is 1. The Hall–Kier alpha value is -2.08. The highest BCUT2D eigenvalue weighted by molar-refractivity contribution is 5.95. The van der Waals surface area contributed by atoms with Crippen molar-refractivity contribution in [1.82, 2.24) is 5.32 Å². The predicted molar refractivity (Wildman–Crippen MR) is 89.3 cm³/mol. The van der Waals surface area contributed by atoms with Gasteiger partial charge in [0.05, 0.1) is 12.5 Å². The van der Waals surface area contributed by atoms with Crippen LogP contribution in [0.25, 0.3) is 0 Å². The Kier molecular flexibility index (Phi) is 7.06. The number of methoxy groups -OCH3 is 1. The molecule has 1 aliphatic rings. The molecule has 2 N–H and O–H groups in total. The third kappa shape index (κ3) is 5.23. The van der Waals surface area contributed by atoms with Crippen molar-refractivity contribution in [2.75, 3.05) is 20.3 Å². The van der Waals surface area contributed by atoms with Crippen LogP contribution in [0.5, 0.6) is 5.75 Å². The van der Waals surface area contributed by atoms with Crippen molar-refractivity contribution in [1.29, 1.82) is 0 Å². The lowest BCUT2D eigenvalue weighted by molar-refractivity contribution is -0.142. The second kappa shape index (κ2) is 9.27. The van der Waals surface area contributed by atoms with E-state index in [1.807, 2.05) is 0 Å². The van der Waals surface area contributed by atoms with E-state index in [1.165, 1.54) is 0 Å². The first kappa shape index (κ1) is 18.3. The molecule has 0 unspecified atom stereocenters. The zero-order valence-corrected chi connectivity index (χ0v) is 14.0. The zero-order valence-electron chi connectivity index (χ0n) is 14.0. The second-order valence-corrected chi connectivity index (χ2v) is 6.03. The maximum atomic E-state index is 12.5. The van der Waals surface area contributed by atoms with Gasteiger partial charge in [0, 0.05) is 18.7 Å². The van der Waals surface area contributed by atoms with Gasteiger partial charge in [-0.05, 0) is 31.0 Å². The number of aliphatic carboxylic acids is 1. The molecule has 0 aliphatic heterocycles. The summed E-state index contributed by atoms with van der Waals surface area (Å²) in [5.41, 5.74) is 0.471. The maximum absolute atomic E-state index is 12.5. The van der Waals surface area contributed by atoms with E-state index in [4.69, 9.17) is 9.47 Å². The van der Waals surface area contributed by atoms with Crippen molar-refractivity contribution in [3.8, 4) is 5.75 Å². The monoisotopic (exact) mass is 335 g/mol. The van der Waals surface area contributed by atoms with Crippen LogP contribution in [0.15, 0.2) is 24.3 Å². The number of carbonyl (C=O) groups excluding carboxylic acids is 1. The Morgan fingerprint density at radius 1 is 1.21 bits per heavy atom. The average molecular weight is 335 g/mol. The number of carboxylic acid groups (broad SMARTS) is 1. The summed E-state index contributed by atoms with van der Waals surface area (Å²) in [6.45, 7) is 0.879. The second-order valence-electron chi connectivity index (χ2n) is 6.03. The highest BCUT2D eigenvalue weighted by Gasteiger charge is 2.30. The highest BCUT2D eigenvalue weighted by Crippen LogP contribution is 2.24. The molecule has 0 radical (unpaired) electrons. The minimum Gasteiger partial charge on any atom is -0.491 e. The van der Waals surface area contributed by atoms with Crippen molar-refractivity contribution in [3.05, 3.63) is 29.8 Å². The van der Waals surface area contributed by atoms with Crippen LogP contribution >= 0.6 is 0 Å². The summed E-state index contributed by atoms with van der Waals surface area (Å²) in [6.07, 6.45) is 4.16. The summed E-state index contributed by atoms with van der Waals surface area (Å²) < 4.78 is 10.4. The molecule has 0 aromatic heterocycles. The molecule has 0 heterocycles. The molecule has 1 fully saturated rings. The van der Waals surface area contributed by atoms with E-state index in [9.17, 15) is 14.7 Å². The molecule has 0 saturated heterocycles. The van der Waals surface area contributed by atoms with Crippen LogP contribution in [0, 0.1) is 5.92 Å². The minimum absolute atomic E-state index is 0.259. The molecule has 0 spiro atoms. The molecule has 132 valence electrons. The largest absolute Gasteiger partial charge is 0.491 e. The van der Waals surface area contributed by atoms with Crippen LogP contribution in [0.3, 0.4) is 0 Å². The molecule has 2 rings (SSSR count). The first-order valence-corrected chi connectivity index (χ1v) is 8.37. The van der Waals surface area contributed by atoms with E-state index in [0.29, 0.717) is 37.4 Å². The highest BCUT2D eigenvalue weighted by atomic mass is 16.5. The molecule has 2 atom stereocenters. The molecule has 1 aromatic carbocycles. The molecular formula is C18H25NO5. The molecule has 1 aliphatic carbocycles. The molecular weight excluding hydrogens is 310 g/mol. The van der Waals surface area contributed by atoms with Gasteiger partial charge in [0.2, 0.25) is 0 Å². The summed E-state index contributed by atoms with van der Waals surface area (Å²) in [4.78, 5) is 23.9. The van der Waals surface area contributed by atoms with Crippen molar-refractivity contribution in [2.24, 2.45) is 5.92 Å². The number of ether oxygens (including phenoxy) is 2. The van der Waals surface area contributed by atoms with Gasteiger partial charge in [0.15, 0.2) is 0 Å². The maximum Gasteiger partial charge on any atom is 0.308 e. The average Bonchev–Trinajstić information content (AvgIpc) is 2.81. The summed E-state index contributed by atoms with van der Waals surface area (Å²) in [5, 5.41) is 12.3. The van der Waals surface area contributed by atoms with Crippen LogP contribution in [0.1, 0.15) is 42.5 Å². The zero-order chi connectivity index (χ0) is 17.4. The third-order valence-corrected chi connectivity index (χ3v) is 4.30. The predicted octanol–water partition coefficient (Wildman–Crippen LogP) is 2.48. The summed E-state index contributed by atoms with van der Waals surface area (Å²) in [6, 6.07) is 6.56. The van der Waals surface area contributed by atoms with Crippen molar-refractivity contribution in [3.63, 3.8) is 0 Å². The Labute approximate surface area is 142 Å². The molecule has 6 heteroatoms. The van der Waals surface area contributed by atoms with E-state index < -0.39 is 11.9 Å². The molecule has 1 amide bonds. The smallest absolute Gasteiger partial charge is 0.308 e. The Balaban J connectivity index is 2.02. The van der Waals surface area contributed by atoms with Crippen molar-refractivity contribution >= 4 is 11.9 Å². The van der Waals surface area contributed by atoms with Crippen LogP contribution < -0.4 is 10.1 Å². The van der Waals surface area contributed by atoms with Gasteiger partial charge in [-0.1, -0.05) is 25.3 Å². The molecule has 24 heavy (non-hydrogen) atoms. The third-order valence-electron chi connectivity index (χ3n) is 4.30. The Morgan fingerprint density at radius 3 is 2.75 bits per heavy atom. The minimum atomic E-state index is -0.834. The standard InChI is InChI=1S/C18H25NO5/c1-23-10-11-24-14-7-5-6-13(12-14)17(20)19-16-9-4-2-3-8-15(16)18(21)22/h5-7,12,15-16H,2-4,8-11H2,1H3,(H,19,20)(H,21,22)/t15-,16+/m1/s1. The van der Waals surface area contributed by atoms with Gasteiger partial charge in [-0.15, -0.1) is 0 Å². The van der Waals surface area contributed by atoms with Gasteiger partial charge in [0.1, 0.15) is 12.4 Å². The number of carbonyl (C=O) groups is 2. The lowest BCUT2D eigenvalue weighted by atomic mass is 9.94. The fraction of sp³-hybridized carbons (Fsp3) is 0.556. The van der Waals surface area contributed by atoms with Gasteiger partial charge in [0.25, 0.3) is 5.91 Å². The number of hydrogen-bond acceptors (Lipinski definition) is 4. The van der Waals surface area contributed by atoms with Crippen molar-refractivity contribution in [2.45, 2.75) is 38.1 Å². The van der Waals surface area contributed by atoms with Crippen LogP contribution in [0.4, 0.5) is 0 Å². The summed E-state index contributed by atoms with van der Waals surface area (Å²) in [5.74, 6) is -1.02. The van der Waals surface area contributed by atoms with E-state index >= 15 is 0 Å². The number of rotatable bonds is 7. The SMILES string of the molecule is COCCOc1cccc(C(=O)N[C@H]2CCCCC[C@H]2C(=O)O)c1. The van der Waals surface area contributed by atoms with Crippen LogP contribution in [-0.2, 0) is 9.53 Å². The number of carboxylic acids is 1. The summed E-state index contributed by atoms with van der Waals surface area (Å²) in [7, 11) is 1.60.